The smallest absolute Gasteiger partial charge is 0.283 e. The van der Waals surface area contributed by atoms with Crippen LogP contribution in [0.4, 0.5) is 11.4 Å². The van der Waals surface area contributed by atoms with Crippen molar-refractivity contribution in [2.75, 3.05) is 23.9 Å². The van der Waals surface area contributed by atoms with Gasteiger partial charge in [0.15, 0.2) is 0 Å². The number of rotatable bonds is 8. The lowest BCUT2D eigenvalue weighted by molar-refractivity contribution is -0.120. The predicted molar refractivity (Wildman–Crippen MR) is 136 cm³/mol. The molecule has 0 radical (unpaired) electrons. The van der Waals surface area contributed by atoms with Crippen molar-refractivity contribution in [3.05, 3.63) is 99.7 Å². The molecule has 9 heteroatoms. The molecule has 178 valence electrons. The van der Waals surface area contributed by atoms with Gasteiger partial charge >= 0.3 is 0 Å². The molecule has 3 amide bonds. The number of benzene rings is 3. The third-order valence-electron chi connectivity index (χ3n) is 5.37. The standard InChI is InChI=1S/C26H21Cl2N3O4/c1-35-21-12-9-18(27)15-20(21)31-25(33)22(28)23(26(31)34)30-19-10-7-17(8-11-19)24(32)29-14-13-16-5-3-2-4-6-16/h2-12,15,30H,13-14H2,1H3,(H,29,32). The first-order chi connectivity index (χ1) is 16.9. The van der Waals surface area contributed by atoms with E-state index in [9.17, 15) is 14.4 Å². The van der Waals surface area contributed by atoms with Crippen LogP contribution in [0.15, 0.2) is 83.5 Å². The Morgan fingerprint density at radius 2 is 1.66 bits per heavy atom. The number of anilines is 2. The second-order valence-electron chi connectivity index (χ2n) is 7.64. The largest absolute Gasteiger partial charge is 0.495 e. The number of amides is 3. The van der Waals surface area contributed by atoms with Crippen LogP contribution >= 0.6 is 23.2 Å². The van der Waals surface area contributed by atoms with E-state index in [1.807, 2.05) is 30.3 Å². The molecule has 2 N–H and O–H groups in total. The number of carbonyl (C=O) groups excluding carboxylic acids is 3. The van der Waals surface area contributed by atoms with Crippen molar-refractivity contribution in [3.63, 3.8) is 0 Å². The van der Waals surface area contributed by atoms with Gasteiger partial charge in [0.1, 0.15) is 16.5 Å². The minimum absolute atomic E-state index is 0.0845. The molecule has 0 atom stereocenters. The number of hydrogen-bond donors (Lipinski definition) is 2. The van der Waals surface area contributed by atoms with E-state index in [0.29, 0.717) is 28.6 Å². The van der Waals surface area contributed by atoms with Crippen LogP contribution < -0.4 is 20.3 Å². The van der Waals surface area contributed by atoms with Gasteiger partial charge in [-0.1, -0.05) is 53.5 Å². The third-order valence-corrected chi connectivity index (χ3v) is 5.95. The predicted octanol–water partition coefficient (Wildman–Crippen LogP) is 4.76. The molecule has 1 heterocycles. The highest BCUT2D eigenvalue weighted by Gasteiger charge is 2.40. The molecule has 7 nitrogen and oxygen atoms in total. The van der Waals surface area contributed by atoms with Crippen molar-refractivity contribution < 1.29 is 19.1 Å². The molecule has 4 rings (SSSR count). The fourth-order valence-corrected chi connectivity index (χ4v) is 3.96. The molecule has 1 aliphatic rings. The maximum Gasteiger partial charge on any atom is 0.283 e. The molecule has 3 aromatic carbocycles. The van der Waals surface area contributed by atoms with E-state index in [2.05, 4.69) is 10.6 Å². The fourth-order valence-electron chi connectivity index (χ4n) is 3.58. The van der Waals surface area contributed by atoms with Gasteiger partial charge in [-0.2, -0.15) is 0 Å². The number of carbonyl (C=O) groups is 3. The van der Waals surface area contributed by atoms with Gasteiger partial charge in [-0.3, -0.25) is 14.4 Å². The molecule has 0 fully saturated rings. The Morgan fingerprint density at radius 3 is 2.34 bits per heavy atom. The van der Waals surface area contributed by atoms with Crippen LogP contribution in [0.25, 0.3) is 0 Å². The van der Waals surface area contributed by atoms with E-state index < -0.39 is 11.8 Å². The molecule has 0 unspecified atom stereocenters. The summed E-state index contributed by atoms with van der Waals surface area (Å²) in [5, 5.41) is 5.83. The summed E-state index contributed by atoms with van der Waals surface area (Å²) in [6.07, 6.45) is 0.725. The highest BCUT2D eigenvalue weighted by atomic mass is 35.5. The molecule has 3 aromatic rings. The number of ether oxygens (including phenoxy) is 1. The first-order valence-corrected chi connectivity index (χ1v) is 11.5. The number of hydrogen-bond acceptors (Lipinski definition) is 5. The topological polar surface area (TPSA) is 87.7 Å². The van der Waals surface area contributed by atoms with E-state index in [1.54, 1.807) is 36.4 Å². The van der Waals surface area contributed by atoms with Crippen molar-refractivity contribution >= 4 is 52.3 Å². The summed E-state index contributed by atoms with van der Waals surface area (Å²) in [7, 11) is 1.42. The maximum atomic E-state index is 13.1. The van der Waals surface area contributed by atoms with Crippen molar-refractivity contribution in [1.29, 1.82) is 0 Å². The second kappa shape index (κ2) is 10.6. The summed E-state index contributed by atoms with van der Waals surface area (Å²) in [5.74, 6) is -1.27. The highest BCUT2D eigenvalue weighted by molar-refractivity contribution is 6.53. The van der Waals surface area contributed by atoms with Crippen LogP contribution in [-0.2, 0) is 16.0 Å². The molecular formula is C26H21Cl2N3O4. The summed E-state index contributed by atoms with van der Waals surface area (Å²) in [5.41, 5.74) is 2.19. The Morgan fingerprint density at radius 1 is 0.943 bits per heavy atom. The Kier molecular flexibility index (Phi) is 7.39. The monoisotopic (exact) mass is 509 g/mol. The van der Waals surface area contributed by atoms with E-state index in [-0.39, 0.29) is 22.3 Å². The van der Waals surface area contributed by atoms with Crippen LogP contribution in [0.1, 0.15) is 15.9 Å². The minimum Gasteiger partial charge on any atom is -0.495 e. The summed E-state index contributed by atoms with van der Waals surface area (Å²) < 4.78 is 5.26. The number of nitrogens with zero attached hydrogens (tertiary/aromatic N) is 1. The zero-order valence-corrected chi connectivity index (χ0v) is 20.2. The molecule has 0 saturated carbocycles. The second-order valence-corrected chi connectivity index (χ2v) is 8.46. The van der Waals surface area contributed by atoms with Crippen LogP contribution in [0.5, 0.6) is 5.75 Å². The van der Waals surface area contributed by atoms with Crippen LogP contribution in [0.2, 0.25) is 5.02 Å². The quantitative estimate of drug-likeness (QED) is 0.427. The van der Waals surface area contributed by atoms with Gasteiger partial charge in [0.05, 0.1) is 12.8 Å². The Bertz CT molecular complexity index is 1310. The maximum absolute atomic E-state index is 13.1. The molecule has 0 aromatic heterocycles. The number of methoxy groups -OCH3 is 1. The molecule has 1 aliphatic heterocycles. The molecule has 0 saturated heterocycles. The summed E-state index contributed by atoms with van der Waals surface area (Å²) >= 11 is 12.3. The SMILES string of the molecule is COc1ccc(Cl)cc1N1C(=O)C(Cl)=C(Nc2ccc(C(=O)NCCc3ccccc3)cc2)C1=O. The van der Waals surface area contributed by atoms with Gasteiger partial charge in [-0.05, 0) is 54.4 Å². The van der Waals surface area contributed by atoms with Crippen LogP contribution in [-0.4, -0.2) is 31.4 Å². The van der Waals surface area contributed by atoms with Gasteiger partial charge < -0.3 is 15.4 Å². The van der Waals surface area contributed by atoms with Gasteiger partial charge in [0.2, 0.25) is 0 Å². The molecule has 0 aliphatic carbocycles. The minimum atomic E-state index is -0.700. The number of imide groups is 1. The van der Waals surface area contributed by atoms with E-state index in [0.717, 1.165) is 16.9 Å². The summed E-state index contributed by atoms with van der Waals surface area (Å²) in [4.78, 5) is 39.2. The van der Waals surface area contributed by atoms with Crippen LogP contribution in [0, 0.1) is 0 Å². The van der Waals surface area contributed by atoms with Crippen LogP contribution in [0.3, 0.4) is 0 Å². The average Bonchev–Trinajstić information content (AvgIpc) is 3.08. The zero-order chi connectivity index (χ0) is 24.9. The Hall–Kier alpha value is -3.81. The van der Waals surface area contributed by atoms with Crippen molar-refractivity contribution in [3.8, 4) is 5.75 Å². The molecule has 0 spiro atoms. The Balaban J connectivity index is 1.43. The lowest BCUT2D eigenvalue weighted by atomic mass is 10.1. The highest BCUT2D eigenvalue weighted by Crippen LogP contribution is 2.37. The summed E-state index contributed by atoms with van der Waals surface area (Å²) in [6.45, 7) is 0.505. The van der Waals surface area contributed by atoms with E-state index >= 15 is 0 Å². The zero-order valence-electron chi connectivity index (χ0n) is 18.7. The molecular weight excluding hydrogens is 489 g/mol. The number of nitrogens with one attached hydrogen (secondary N) is 2. The van der Waals surface area contributed by atoms with Crippen molar-refractivity contribution in [1.82, 2.24) is 5.32 Å². The van der Waals surface area contributed by atoms with Gasteiger partial charge in [0.25, 0.3) is 17.7 Å². The van der Waals surface area contributed by atoms with Crippen molar-refractivity contribution in [2.45, 2.75) is 6.42 Å². The first-order valence-electron chi connectivity index (χ1n) is 10.7. The molecule has 35 heavy (non-hydrogen) atoms. The third kappa shape index (κ3) is 5.31. The van der Waals surface area contributed by atoms with Gasteiger partial charge in [0, 0.05) is 22.8 Å². The first kappa shape index (κ1) is 24.3. The van der Waals surface area contributed by atoms with Crippen molar-refractivity contribution in [2.24, 2.45) is 0 Å². The van der Waals surface area contributed by atoms with Gasteiger partial charge in [-0.25, -0.2) is 4.90 Å². The molecule has 0 bridgehead atoms. The summed E-state index contributed by atoms with van der Waals surface area (Å²) in [6, 6.07) is 21.0. The normalized spacial score (nSPS) is 13.3. The van der Waals surface area contributed by atoms with Gasteiger partial charge in [-0.15, -0.1) is 0 Å². The lowest BCUT2D eigenvalue weighted by Crippen LogP contribution is -2.32. The number of halogens is 2. The average molecular weight is 510 g/mol. The lowest BCUT2D eigenvalue weighted by Gasteiger charge is -2.18. The Labute approximate surface area is 212 Å². The fraction of sp³-hybridized carbons (Fsp3) is 0.115. The van der Waals surface area contributed by atoms with E-state index in [1.165, 1.54) is 13.2 Å². The van der Waals surface area contributed by atoms with E-state index in [4.69, 9.17) is 27.9 Å².